The van der Waals surface area contributed by atoms with Crippen LogP contribution in [-0.4, -0.2) is 27.1 Å². The van der Waals surface area contributed by atoms with Crippen molar-refractivity contribution in [2.24, 2.45) is 0 Å². The second-order valence-electron chi connectivity index (χ2n) is 8.51. The van der Waals surface area contributed by atoms with Gasteiger partial charge in [-0.1, -0.05) is 85.8 Å². The normalized spacial score (nSPS) is 11.5. The third kappa shape index (κ3) is 4.11. The molecule has 4 aromatic carbocycles. The Bertz CT molecular complexity index is 1410. The molecular formula is C30H27N3O2. The van der Waals surface area contributed by atoms with Gasteiger partial charge in [-0.25, -0.2) is 4.98 Å². The van der Waals surface area contributed by atoms with Crippen molar-refractivity contribution in [1.29, 1.82) is 0 Å². The molecule has 0 unspecified atom stereocenters. The summed E-state index contributed by atoms with van der Waals surface area (Å²) in [4.78, 5) is 17.7. The minimum atomic E-state index is -1.53. The van der Waals surface area contributed by atoms with E-state index in [0.717, 1.165) is 17.6 Å². The summed E-state index contributed by atoms with van der Waals surface area (Å²) in [7, 11) is 0. The van der Waals surface area contributed by atoms with Crippen LogP contribution in [0.1, 0.15) is 40.7 Å². The first kappa shape index (κ1) is 22.6. The van der Waals surface area contributed by atoms with Gasteiger partial charge in [0.05, 0.1) is 11.0 Å². The van der Waals surface area contributed by atoms with Crippen LogP contribution >= 0.6 is 0 Å². The molecule has 1 heterocycles. The Morgan fingerprint density at radius 2 is 1.43 bits per heavy atom. The van der Waals surface area contributed by atoms with Crippen LogP contribution in [0.25, 0.3) is 16.7 Å². The van der Waals surface area contributed by atoms with Crippen LogP contribution in [0.3, 0.4) is 0 Å². The highest BCUT2D eigenvalue weighted by Gasteiger charge is 2.39. The Hall–Kier alpha value is -4.22. The van der Waals surface area contributed by atoms with Gasteiger partial charge in [0, 0.05) is 17.8 Å². The van der Waals surface area contributed by atoms with Crippen molar-refractivity contribution in [2.75, 3.05) is 6.54 Å². The van der Waals surface area contributed by atoms with Gasteiger partial charge in [0.2, 0.25) is 0 Å². The maximum Gasteiger partial charge on any atom is 0.251 e. The molecule has 5 aromatic rings. The van der Waals surface area contributed by atoms with E-state index >= 15 is 0 Å². The van der Waals surface area contributed by atoms with Gasteiger partial charge in [-0.3, -0.25) is 9.36 Å². The van der Waals surface area contributed by atoms with E-state index in [2.05, 4.69) is 5.32 Å². The first-order valence-electron chi connectivity index (χ1n) is 11.8. The lowest BCUT2D eigenvalue weighted by atomic mass is 9.85. The number of nitrogens with zero attached hydrogens (tertiary/aromatic N) is 2. The van der Waals surface area contributed by atoms with Gasteiger partial charge in [-0.15, -0.1) is 0 Å². The molecule has 174 valence electrons. The average molecular weight is 462 g/mol. The number of benzene rings is 4. The monoisotopic (exact) mass is 461 g/mol. The molecule has 2 N–H and O–H groups in total. The average Bonchev–Trinajstić information content (AvgIpc) is 3.32. The molecule has 0 bridgehead atoms. The largest absolute Gasteiger partial charge is 0.373 e. The molecule has 0 aliphatic heterocycles. The van der Waals surface area contributed by atoms with Crippen LogP contribution < -0.4 is 5.32 Å². The van der Waals surface area contributed by atoms with Crippen LogP contribution in [0.5, 0.6) is 0 Å². The fraction of sp³-hybridized carbons (Fsp3) is 0.133. The van der Waals surface area contributed by atoms with Crippen LogP contribution in [-0.2, 0) is 5.60 Å². The number of aliphatic hydroxyl groups is 1. The van der Waals surface area contributed by atoms with Crippen LogP contribution in [0.4, 0.5) is 0 Å². The fourth-order valence-electron chi connectivity index (χ4n) is 4.42. The summed E-state index contributed by atoms with van der Waals surface area (Å²) in [6.07, 6.45) is 0.862. The molecular weight excluding hydrogens is 434 g/mol. The molecule has 0 atom stereocenters. The van der Waals surface area contributed by atoms with E-state index in [1.165, 1.54) is 0 Å². The van der Waals surface area contributed by atoms with E-state index in [-0.39, 0.29) is 5.91 Å². The van der Waals surface area contributed by atoms with Gasteiger partial charge in [0.25, 0.3) is 5.91 Å². The second-order valence-corrected chi connectivity index (χ2v) is 8.51. The molecule has 1 aromatic heterocycles. The smallest absolute Gasteiger partial charge is 0.251 e. The molecule has 0 aliphatic rings. The van der Waals surface area contributed by atoms with Gasteiger partial charge in [0.1, 0.15) is 0 Å². The third-order valence-corrected chi connectivity index (χ3v) is 6.17. The summed E-state index contributed by atoms with van der Waals surface area (Å²) in [5.41, 5.74) is 2.74. The van der Waals surface area contributed by atoms with Crippen LogP contribution in [0.15, 0.2) is 109 Å². The maximum absolute atomic E-state index is 12.8. The molecule has 5 rings (SSSR count). The number of hydrogen-bond acceptors (Lipinski definition) is 3. The zero-order chi connectivity index (χ0) is 24.3. The Kier molecular flexibility index (Phi) is 6.17. The summed E-state index contributed by atoms with van der Waals surface area (Å²) < 4.78 is 1.95. The standard InChI is InChI=1S/C30H27N3O2/c1-2-20-31-28(34)22-18-19-26-27(21-22)33(25-16-10-5-11-17-25)29(32-26)30(35,23-12-6-3-7-13-23)24-14-8-4-9-15-24/h3-19,21,35H,2,20H2,1H3,(H,31,34). The van der Waals surface area contributed by atoms with Crippen molar-refractivity contribution >= 4 is 16.9 Å². The number of imidazole rings is 1. The van der Waals surface area contributed by atoms with Gasteiger partial charge >= 0.3 is 0 Å². The van der Waals surface area contributed by atoms with Crippen molar-refractivity contribution in [1.82, 2.24) is 14.9 Å². The van der Waals surface area contributed by atoms with E-state index in [9.17, 15) is 9.90 Å². The fourth-order valence-corrected chi connectivity index (χ4v) is 4.42. The number of fused-ring (bicyclic) bond motifs is 1. The maximum atomic E-state index is 12.8. The molecule has 35 heavy (non-hydrogen) atoms. The lowest BCUT2D eigenvalue weighted by molar-refractivity contribution is 0.0953. The zero-order valence-electron chi connectivity index (χ0n) is 19.6. The molecule has 0 aliphatic carbocycles. The highest BCUT2D eigenvalue weighted by Crippen LogP contribution is 2.39. The summed E-state index contributed by atoms with van der Waals surface area (Å²) in [5.74, 6) is 0.333. The van der Waals surface area contributed by atoms with Gasteiger partial charge < -0.3 is 10.4 Å². The summed E-state index contributed by atoms with van der Waals surface area (Å²) >= 11 is 0. The number of aromatic nitrogens is 2. The molecule has 0 fully saturated rings. The summed E-state index contributed by atoms with van der Waals surface area (Å²) in [6.45, 7) is 2.63. The lowest BCUT2D eigenvalue weighted by Gasteiger charge is -2.29. The Morgan fingerprint density at radius 3 is 2.00 bits per heavy atom. The number of nitrogens with one attached hydrogen (secondary N) is 1. The Morgan fingerprint density at radius 1 is 0.857 bits per heavy atom. The van der Waals surface area contributed by atoms with Crippen molar-refractivity contribution < 1.29 is 9.90 Å². The van der Waals surface area contributed by atoms with E-state index < -0.39 is 5.60 Å². The number of hydrogen-bond donors (Lipinski definition) is 2. The van der Waals surface area contributed by atoms with Crippen molar-refractivity contribution in [2.45, 2.75) is 18.9 Å². The molecule has 1 amide bonds. The highest BCUT2D eigenvalue weighted by molar-refractivity contribution is 5.97. The van der Waals surface area contributed by atoms with Gasteiger partial charge in [0.15, 0.2) is 11.4 Å². The first-order chi connectivity index (χ1) is 17.1. The molecule has 0 radical (unpaired) electrons. The topological polar surface area (TPSA) is 67.2 Å². The third-order valence-electron chi connectivity index (χ3n) is 6.17. The SMILES string of the molecule is CCCNC(=O)c1ccc2nc(C(O)(c3ccccc3)c3ccccc3)n(-c3ccccc3)c2c1. The molecule has 0 saturated heterocycles. The molecule has 5 heteroatoms. The molecule has 0 saturated carbocycles. The highest BCUT2D eigenvalue weighted by atomic mass is 16.3. The predicted octanol–water partition coefficient (Wildman–Crippen LogP) is 5.45. The van der Waals surface area contributed by atoms with E-state index in [4.69, 9.17) is 4.98 Å². The second kappa shape index (κ2) is 9.57. The lowest BCUT2D eigenvalue weighted by Crippen LogP contribution is -2.32. The predicted molar refractivity (Wildman–Crippen MR) is 139 cm³/mol. The van der Waals surface area contributed by atoms with Crippen molar-refractivity contribution in [3.8, 4) is 5.69 Å². The Balaban J connectivity index is 1.81. The number of rotatable bonds is 7. The quantitative estimate of drug-likeness (QED) is 0.339. The van der Waals surface area contributed by atoms with Crippen LogP contribution in [0, 0.1) is 0 Å². The van der Waals surface area contributed by atoms with E-state index in [0.29, 0.717) is 34.6 Å². The number of amides is 1. The van der Waals surface area contributed by atoms with E-state index in [1.54, 1.807) is 6.07 Å². The van der Waals surface area contributed by atoms with Crippen molar-refractivity contribution in [3.63, 3.8) is 0 Å². The summed E-state index contributed by atoms with van der Waals surface area (Å²) in [5, 5.41) is 15.4. The Labute approximate surface area is 204 Å². The van der Waals surface area contributed by atoms with Gasteiger partial charge in [-0.05, 0) is 47.9 Å². The molecule has 0 spiro atoms. The van der Waals surface area contributed by atoms with Crippen LogP contribution in [0.2, 0.25) is 0 Å². The molecule has 5 nitrogen and oxygen atoms in total. The summed E-state index contributed by atoms with van der Waals surface area (Å²) in [6, 6.07) is 34.4. The zero-order valence-corrected chi connectivity index (χ0v) is 19.6. The van der Waals surface area contributed by atoms with E-state index in [1.807, 2.05) is 115 Å². The number of carbonyl (C=O) groups excluding carboxylic acids is 1. The minimum absolute atomic E-state index is 0.127. The number of carbonyl (C=O) groups is 1. The first-order valence-corrected chi connectivity index (χ1v) is 11.8. The number of para-hydroxylation sites is 1. The van der Waals surface area contributed by atoms with Gasteiger partial charge in [-0.2, -0.15) is 0 Å². The minimum Gasteiger partial charge on any atom is -0.373 e. The van der Waals surface area contributed by atoms with Crippen molar-refractivity contribution in [3.05, 3.63) is 132 Å².